The highest BCUT2D eigenvalue weighted by atomic mass is 16.5. The van der Waals surface area contributed by atoms with Gasteiger partial charge in [0.25, 0.3) is 0 Å². The molecule has 7 heteroatoms. The average molecular weight is 484 g/mol. The van der Waals surface area contributed by atoms with Gasteiger partial charge in [-0.2, -0.15) is 0 Å². The zero-order valence-electron chi connectivity index (χ0n) is 22.5. The van der Waals surface area contributed by atoms with E-state index < -0.39 is 0 Å². The van der Waals surface area contributed by atoms with E-state index in [4.69, 9.17) is 14.6 Å². The molecular formula is C28H41N3O4. The topological polar surface area (TPSA) is 67.2 Å². The molecule has 0 saturated heterocycles. The summed E-state index contributed by atoms with van der Waals surface area (Å²) in [6, 6.07) is 14.6. The second kappa shape index (κ2) is 13.2. The maximum atomic E-state index is 12.0. The van der Waals surface area contributed by atoms with Crippen LogP contribution in [0, 0.1) is 0 Å². The molecule has 4 rings (SSSR count). The predicted molar refractivity (Wildman–Crippen MR) is 142 cm³/mol. The number of aliphatic hydroxyl groups excluding tert-OH is 1. The van der Waals surface area contributed by atoms with Crippen molar-refractivity contribution in [3.8, 4) is 11.5 Å². The molecule has 0 bridgehead atoms. The molecule has 0 fully saturated rings. The van der Waals surface area contributed by atoms with Crippen molar-refractivity contribution in [3.05, 3.63) is 59.3 Å². The highest BCUT2D eigenvalue weighted by Crippen LogP contribution is 2.38. The van der Waals surface area contributed by atoms with E-state index >= 15 is 0 Å². The minimum Gasteiger partial charge on any atom is -0.497 e. The Balaban J connectivity index is 0.00000103. The quantitative estimate of drug-likeness (QED) is 0.563. The Labute approximate surface area is 209 Å². The third-order valence-electron chi connectivity index (χ3n) is 6.43. The van der Waals surface area contributed by atoms with Crippen LogP contribution in [0.15, 0.2) is 42.5 Å². The number of hydrogen-bond donors (Lipinski definition) is 1. The third kappa shape index (κ3) is 6.35. The number of aromatic nitrogens is 1. The van der Waals surface area contributed by atoms with E-state index in [1.54, 1.807) is 21.1 Å². The average Bonchev–Trinajstić information content (AvgIpc) is 3.18. The minimum atomic E-state index is 0.0933. The number of aliphatic hydroxyl groups is 1. The van der Waals surface area contributed by atoms with Crippen LogP contribution in [0.2, 0.25) is 0 Å². The molecule has 0 aliphatic carbocycles. The van der Waals surface area contributed by atoms with Crippen molar-refractivity contribution < 1.29 is 19.4 Å². The number of hydrogen-bond acceptors (Lipinski definition) is 5. The Hall–Kier alpha value is -3.03. The molecule has 0 saturated carbocycles. The zero-order valence-corrected chi connectivity index (χ0v) is 22.5. The van der Waals surface area contributed by atoms with E-state index in [-0.39, 0.29) is 11.8 Å². The van der Waals surface area contributed by atoms with Gasteiger partial charge in [0.2, 0.25) is 5.91 Å². The minimum absolute atomic E-state index is 0.0933. The van der Waals surface area contributed by atoms with E-state index in [2.05, 4.69) is 40.8 Å². The molecule has 35 heavy (non-hydrogen) atoms. The summed E-state index contributed by atoms with van der Waals surface area (Å²) >= 11 is 0. The predicted octanol–water partition coefficient (Wildman–Crippen LogP) is 4.41. The Bertz CT molecular complexity index is 1090. The molecular weight excluding hydrogens is 442 g/mol. The molecule has 1 N–H and O–H groups in total. The highest BCUT2D eigenvalue weighted by molar-refractivity contribution is 5.88. The first kappa shape index (κ1) is 28.2. The van der Waals surface area contributed by atoms with Crippen LogP contribution in [0.3, 0.4) is 0 Å². The molecule has 1 aromatic heterocycles. The first-order valence-corrected chi connectivity index (χ1v) is 12.1. The number of methoxy groups -OCH3 is 2. The van der Waals surface area contributed by atoms with Crippen molar-refractivity contribution >= 4 is 16.8 Å². The van der Waals surface area contributed by atoms with Crippen LogP contribution in [0.1, 0.15) is 43.5 Å². The van der Waals surface area contributed by atoms with Gasteiger partial charge in [-0.25, -0.2) is 0 Å². The van der Waals surface area contributed by atoms with Crippen molar-refractivity contribution in [2.24, 2.45) is 7.05 Å². The molecule has 1 atom stereocenters. The van der Waals surface area contributed by atoms with E-state index in [1.165, 1.54) is 27.7 Å². The van der Waals surface area contributed by atoms with Gasteiger partial charge in [0.05, 0.1) is 19.7 Å². The fraction of sp³-hybridized carbons (Fsp3) is 0.464. The van der Waals surface area contributed by atoms with Crippen molar-refractivity contribution in [2.75, 3.05) is 41.5 Å². The van der Waals surface area contributed by atoms with E-state index in [9.17, 15) is 4.79 Å². The van der Waals surface area contributed by atoms with Gasteiger partial charge in [0.1, 0.15) is 11.5 Å². The molecule has 3 aromatic rings. The molecule has 0 spiro atoms. The third-order valence-corrected chi connectivity index (χ3v) is 6.43. The molecule has 1 amide bonds. The van der Waals surface area contributed by atoms with E-state index in [1.807, 2.05) is 44.0 Å². The largest absolute Gasteiger partial charge is 0.497 e. The van der Waals surface area contributed by atoms with Gasteiger partial charge >= 0.3 is 0 Å². The second-order valence-corrected chi connectivity index (χ2v) is 8.42. The number of carbonyl (C=O) groups excluding carboxylic acids is 1. The summed E-state index contributed by atoms with van der Waals surface area (Å²) in [5.41, 5.74) is 5.10. The van der Waals surface area contributed by atoms with Gasteiger partial charge in [0, 0.05) is 77.4 Å². The number of ether oxygens (including phenoxy) is 2. The van der Waals surface area contributed by atoms with Gasteiger partial charge in [-0.3, -0.25) is 9.69 Å². The number of likely N-dealkylation sites (N-methyl/N-ethyl adjacent to an activating group) is 1. The molecule has 2 aromatic carbocycles. The smallest absolute Gasteiger partial charge is 0.219 e. The summed E-state index contributed by atoms with van der Waals surface area (Å²) in [6.45, 7) is 8.96. The Morgan fingerprint density at radius 1 is 1.06 bits per heavy atom. The van der Waals surface area contributed by atoms with Gasteiger partial charge in [-0.05, 0) is 35.4 Å². The number of nitrogens with zero attached hydrogens (tertiary/aromatic N) is 3. The van der Waals surface area contributed by atoms with Gasteiger partial charge in [-0.1, -0.05) is 26.0 Å². The SMILES string of the molecule is CC.CO.COc1ccc(CN2Cc3c(c4ccc(OC)cc4n3C)C(CN(C)C(C)=O)C2)cc1. The standard InChI is InChI=1S/C25H31N3O3.C2H6.CH4O/c1-17(29)26(2)14-19-15-28(13-18-6-8-20(30-4)9-7-18)16-24-25(19)22-11-10-21(31-5)12-23(22)27(24)3;2*1-2/h6-12,19H,13-16H2,1-5H3;1-2H3;2H,1H3. The van der Waals surface area contributed by atoms with Crippen LogP contribution in [-0.4, -0.2) is 66.8 Å². The second-order valence-electron chi connectivity index (χ2n) is 8.42. The maximum absolute atomic E-state index is 12.0. The van der Waals surface area contributed by atoms with Crippen LogP contribution in [0.25, 0.3) is 10.9 Å². The lowest BCUT2D eigenvalue weighted by atomic mass is 9.91. The molecule has 1 aliphatic rings. The lowest BCUT2D eigenvalue weighted by Gasteiger charge is -2.35. The highest BCUT2D eigenvalue weighted by Gasteiger charge is 2.31. The van der Waals surface area contributed by atoms with Crippen LogP contribution in [0.4, 0.5) is 0 Å². The summed E-state index contributed by atoms with van der Waals surface area (Å²) in [4.78, 5) is 16.3. The first-order chi connectivity index (χ1) is 16.9. The van der Waals surface area contributed by atoms with Crippen molar-refractivity contribution in [2.45, 2.75) is 39.8 Å². The lowest BCUT2D eigenvalue weighted by Crippen LogP contribution is -2.39. The van der Waals surface area contributed by atoms with Gasteiger partial charge < -0.3 is 24.0 Å². The van der Waals surface area contributed by atoms with Crippen molar-refractivity contribution in [1.29, 1.82) is 0 Å². The van der Waals surface area contributed by atoms with Crippen LogP contribution >= 0.6 is 0 Å². The number of benzene rings is 2. The van der Waals surface area contributed by atoms with Gasteiger partial charge in [0.15, 0.2) is 0 Å². The molecule has 7 nitrogen and oxygen atoms in total. The normalized spacial score (nSPS) is 14.7. The first-order valence-electron chi connectivity index (χ1n) is 12.1. The Kier molecular flexibility index (Phi) is 10.6. The van der Waals surface area contributed by atoms with Crippen LogP contribution in [-0.2, 0) is 24.9 Å². The summed E-state index contributed by atoms with van der Waals surface area (Å²) in [6.07, 6.45) is 0. The van der Waals surface area contributed by atoms with Crippen molar-refractivity contribution in [3.63, 3.8) is 0 Å². The lowest BCUT2D eigenvalue weighted by molar-refractivity contribution is -0.127. The molecule has 2 heterocycles. The van der Waals surface area contributed by atoms with Crippen molar-refractivity contribution in [1.82, 2.24) is 14.4 Å². The maximum Gasteiger partial charge on any atom is 0.219 e. The van der Waals surface area contributed by atoms with Crippen LogP contribution < -0.4 is 9.47 Å². The summed E-state index contributed by atoms with van der Waals surface area (Å²) in [7, 11) is 8.40. The fourth-order valence-electron chi connectivity index (χ4n) is 4.67. The van der Waals surface area contributed by atoms with E-state index in [0.717, 1.165) is 38.2 Å². The number of amides is 1. The summed E-state index contributed by atoms with van der Waals surface area (Å²) < 4.78 is 13.0. The fourth-order valence-corrected chi connectivity index (χ4v) is 4.67. The number of rotatable bonds is 6. The number of aryl methyl sites for hydroxylation is 1. The number of carbonyl (C=O) groups is 1. The van der Waals surface area contributed by atoms with Gasteiger partial charge in [-0.15, -0.1) is 0 Å². The molecule has 1 aliphatic heterocycles. The van der Waals surface area contributed by atoms with Crippen LogP contribution in [0.5, 0.6) is 11.5 Å². The Morgan fingerprint density at radius 2 is 1.66 bits per heavy atom. The molecule has 192 valence electrons. The van der Waals surface area contributed by atoms with E-state index in [0.29, 0.717) is 6.54 Å². The summed E-state index contributed by atoms with van der Waals surface area (Å²) in [5.74, 6) is 2.06. The summed E-state index contributed by atoms with van der Waals surface area (Å²) in [5, 5.41) is 8.25. The molecule has 1 unspecified atom stereocenters. The number of fused-ring (bicyclic) bond motifs is 3. The Morgan fingerprint density at radius 3 is 2.23 bits per heavy atom. The monoisotopic (exact) mass is 483 g/mol. The zero-order chi connectivity index (χ0) is 26.1. The molecule has 0 radical (unpaired) electrons.